The Bertz CT molecular complexity index is 1110. The van der Waals surface area contributed by atoms with Gasteiger partial charge in [0.05, 0.1) is 10.7 Å². The second-order valence-corrected chi connectivity index (χ2v) is 7.15. The lowest BCUT2D eigenvalue weighted by Gasteiger charge is -2.09. The Hall–Kier alpha value is -2.40. The first-order valence-electron chi connectivity index (χ1n) is 6.72. The van der Waals surface area contributed by atoms with Gasteiger partial charge in [-0.25, -0.2) is 22.2 Å². The highest BCUT2D eigenvalue weighted by atomic mass is 35.5. The maximum absolute atomic E-state index is 13.8. The number of aromatic amines is 1. The summed E-state index contributed by atoms with van der Waals surface area (Å²) in [7, 11) is -4.45. The average molecular weight is 412 g/mol. The van der Waals surface area contributed by atoms with E-state index in [2.05, 4.69) is 9.97 Å². The molecule has 3 rings (SSSR count). The monoisotopic (exact) mass is 411 g/mol. The van der Waals surface area contributed by atoms with E-state index in [1.54, 1.807) is 0 Å². The molecule has 0 spiro atoms. The van der Waals surface area contributed by atoms with Crippen LogP contribution in [0.1, 0.15) is 5.69 Å². The van der Waals surface area contributed by atoms with Crippen molar-refractivity contribution in [3.8, 4) is 0 Å². The Kier molecular flexibility index (Phi) is 4.31. The van der Waals surface area contributed by atoms with Crippen LogP contribution in [-0.2, 0) is 16.2 Å². The van der Waals surface area contributed by atoms with Gasteiger partial charge >= 0.3 is 6.18 Å². The summed E-state index contributed by atoms with van der Waals surface area (Å²) in [5, 5.41) is -0.693. The maximum atomic E-state index is 13.8. The lowest BCUT2D eigenvalue weighted by Crippen LogP contribution is -2.14. The molecule has 0 aliphatic heterocycles. The lowest BCUT2D eigenvalue weighted by molar-refractivity contribution is -0.141. The summed E-state index contributed by atoms with van der Waals surface area (Å²) >= 11 is 5.39. The fourth-order valence-electron chi connectivity index (χ4n) is 2.16. The predicted molar refractivity (Wildman–Crippen MR) is 83.3 cm³/mol. The largest absolute Gasteiger partial charge is 0.433 e. The number of sulfonamides is 1. The molecular formula is C14H7ClF5N3O2S. The molecule has 0 aliphatic rings. The average Bonchev–Trinajstić information content (AvgIpc) is 2.95. The second kappa shape index (κ2) is 6.09. The number of hydrogen-bond acceptors (Lipinski definition) is 3. The minimum Gasteiger partial charge on any atom is -0.345 e. The van der Waals surface area contributed by atoms with Crippen LogP contribution < -0.4 is 4.72 Å². The van der Waals surface area contributed by atoms with Gasteiger partial charge in [-0.15, -0.1) is 0 Å². The normalized spacial score (nSPS) is 12.5. The summed E-state index contributed by atoms with van der Waals surface area (Å²) in [4.78, 5) is 5.13. The van der Waals surface area contributed by atoms with Crippen LogP contribution in [0.15, 0.2) is 35.4 Å². The highest BCUT2D eigenvalue weighted by molar-refractivity contribution is 7.93. The van der Waals surface area contributed by atoms with Gasteiger partial charge in [0.15, 0.2) is 0 Å². The molecule has 0 aliphatic carbocycles. The minimum atomic E-state index is -4.71. The fraction of sp³-hybridized carbons (Fsp3) is 0.0714. The van der Waals surface area contributed by atoms with Crippen molar-refractivity contribution >= 4 is 38.3 Å². The molecule has 12 heteroatoms. The van der Waals surface area contributed by atoms with Gasteiger partial charge in [0.2, 0.25) is 0 Å². The van der Waals surface area contributed by atoms with Crippen LogP contribution in [0.25, 0.3) is 11.0 Å². The van der Waals surface area contributed by atoms with E-state index in [0.29, 0.717) is 18.2 Å². The molecule has 0 bridgehead atoms. The van der Waals surface area contributed by atoms with Crippen molar-refractivity contribution in [2.45, 2.75) is 11.1 Å². The standard InChI is InChI=1S/C14H7ClF5N3O2S/c15-7-3-9(17)10(4-8(7)16)23-26(24,25)11-5-21-13-6(11)1-2-12(22-13)14(18,19)20/h1-5,23H,(H,21,22). The van der Waals surface area contributed by atoms with Crippen molar-refractivity contribution < 1.29 is 30.4 Å². The number of H-pyrrole nitrogens is 1. The summed E-state index contributed by atoms with van der Waals surface area (Å²) in [5.74, 6) is -2.18. The molecule has 2 aromatic heterocycles. The van der Waals surface area contributed by atoms with Gasteiger partial charge in [0.25, 0.3) is 10.0 Å². The molecule has 5 nitrogen and oxygen atoms in total. The van der Waals surface area contributed by atoms with Crippen molar-refractivity contribution in [3.05, 3.63) is 52.8 Å². The van der Waals surface area contributed by atoms with Crippen LogP contribution in [0.4, 0.5) is 27.6 Å². The second-order valence-electron chi connectivity index (χ2n) is 5.10. The van der Waals surface area contributed by atoms with E-state index < -0.39 is 49.1 Å². The summed E-state index contributed by atoms with van der Waals surface area (Å²) in [5.41, 5.74) is -2.25. The number of rotatable bonds is 3. The smallest absolute Gasteiger partial charge is 0.345 e. The number of fused-ring (bicyclic) bond motifs is 1. The third kappa shape index (κ3) is 3.31. The Morgan fingerprint density at radius 2 is 1.81 bits per heavy atom. The molecule has 0 fully saturated rings. The Balaban J connectivity index is 2.04. The number of pyridine rings is 1. The van der Waals surface area contributed by atoms with E-state index in [9.17, 15) is 30.4 Å². The maximum Gasteiger partial charge on any atom is 0.433 e. The van der Waals surface area contributed by atoms with Crippen molar-refractivity contribution in [3.63, 3.8) is 0 Å². The van der Waals surface area contributed by atoms with Crippen molar-refractivity contribution in [2.75, 3.05) is 4.72 Å². The molecule has 0 amide bonds. The first kappa shape index (κ1) is 18.4. The molecule has 0 saturated carbocycles. The first-order valence-corrected chi connectivity index (χ1v) is 8.58. The number of benzene rings is 1. The van der Waals surface area contributed by atoms with Gasteiger partial charge in [0, 0.05) is 17.6 Å². The van der Waals surface area contributed by atoms with E-state index in [-0.39, 0.29) is 11.0 Å². The van der Waals surface area contributed by atoms with E-state index in [1.165, 1.54) is 0 Å². The zero-order chi connectivity index (χ0) is 19.3. The van der Waals surface area contributed by atoms with Gasteiger partial charge in [-0.1, -0.05) is 11.6 Å². The Morgan fingerprint density at radius 3 is 2.46 bits per heavy atom. The molecule has 2 N–H and O–H groups in total. The topological polar surface area (TPSA) is 74.8 Å². The van der Waals surface area contributed by atoms with Gasteiger partial charge < -0.3 is 4.98 Å². The van der Waals surface area contributed by atoms with E-state index >= 15 is 0 Å². The fourth-order valence-corrected chi connectivity index (χ4v) is 3.53. The van der Waals surface area contributed by atoms with Crippen LogP contribution in [0.2, 0.25) is 5.02 Å². The number of nitrogens with zero attached hydrogens (tertiary/aromatic N) is 1. The molecule has 0 atom stereocenters. The predicted octanol–water partition coefficient (Wildman–Crippen LogP) is 4.31. The molecule has 0 unspecified atom stereocenters. The van der Waals surface area contributed by atoms with Crippen molar-refractivity contribution in [1.29, 1.82) is 0 Å². The third-order valence-corrected chi connectivity index (χ3v) is 5.03. The number of anilines is 1. The molecule has 1 aromatic carbocycles. The first-order chi connectivity index (χ1) is 12.0. The van der Waals surface area contributed by atoms with Crippen LogP contribution in [0.5, 0.6) is 0 Å². The number of nitrogens with one attached hydrogen (secondary N) is 2. The van der Waals surface area contributed by atoms with Gasteiger partial charge in [-0.05, 0) is 18.2 Å². The van der Waals surface area contributed by atoms with Crippen LogP contribution in [-0.4, -0.2) is 18.4 Å². The highest BCUT2D eigenvalue weighted by Gasteiger charge is 2.33. The van der Waals surface area contributed by atoms with Crippen LogP contribution in [0.3, 0.4) is 0 Å². The zero-order valence-corrected chi connectivity index (χ0v) is 13.9. The summed E-state index contributed by atoms with van der Waals surface area (Å²) < 4.78 is 91.8. The molecule has 26 heavy (non-hydrogen) atoms. The molecule has 2 heterocycles. The number of alkyl halides is 3. The minimum absolute atomic E-state index is 0.152. The van der Waals surface area contributed by atoms with E-state index in [1.807, 2.05) is 4.72 Å². The van der Waals surface area contributed by atoms with Gasteiger partial charge in [-0.3, -0.25) is 4.72 Å². The molecule has 0 saturated heterocycles. The van der Waals surface area contributed by atoms with Crippen LogP contribution in [0, 0.1) is 11.6 Å². The summed E-state index contributed by atoms with van der Waals surface area (Å²) in [6.07, 6.45) is -3.81. The molecule has 0 radical (unpaired) electrons. The summed E-state index contributed by atoms with van der Waals surface area (Å²) in [6, 6.07) is 2.65. The third-order valence-electron chi connectivity index (χ3n) is 3.33. The molecular weight excluding hydrogens is 405 g/mol. The van der Waals surface area contributed by atoms with Crippen LogP contribution >= 0.6 is 11.6 Å². The zero-order valence-electron chi connectivity index (χ0n) is 12.3. The van der Waals surface area contributed by atoms with Gasteiger partial charge in [-0.2, -0.15) is 13.2 Å². The van der Waals surface area contributed by atoms with E-state index in [0.717, 1.165) is 12.3 Å². The highest BCUT2D eigenvalue weighted by Crippen LogP contribution is 2.31. The Labute approximate surface area is 147 Å². The van der Waals surface area contributed by atoms with Gasteiger partial charge in [0.1, 0.15) is 27.9 Å². The number of halogens is 6. The molecule has 138 valence electrons. The lowest BCUT2D eigenvalue weighted by atomic mass is 10.3. The summed E-state index contributed by atoms with van der Waals surface area (Å²) in [6.45, 7) is 0. The quantitative estimate of drug-likeness (QED) is 0.498. The number of aromatic nitrogens is 2. The van der Waals surface area contributed by atoms with E-state index in [4.69, 9.17) is 11.6 Å². The molecule has 3 aromatic rings. The van der Waals surface area contributed by atoms with Crippen molar-refractivity contribution in [1.82, 2.24) is 9.97 Å². The Morgan fingerprint density at radius 1 is 1.12 bits per heavy atom. The number of hydrogen-bond donors (Lipinski definition) is 2. The SMILES string of the molecule is O=S(=O)(Nc1cc(F)c(Cl)cc1F)c1c[nH]c2nc(C(F)(F)F)ccc12. The van der Waals surface area contributed by atoms with Crippen molar-refractivity contribution in [2.24, 2.45) is 0 Å².